The van der Waals surface area contributed by atoms with Gasteiger partial charge in [0.2, 0.25) is 0 Å². The van der Waals surface area contributed by atoms with Gasteiger partial charge in [0.1, 0.15) is 0 Å². The first-order valence-electron chi connectivity index (χ1n) is 13.0. The summed E-state index contributed by atoms with van der Waals surface area (Å²) in [4.78, 5) is 13.7. The lowest BCUT2D eigenvalue weighted by Gasteiger charge is -2.56. The molecule has 0 unspecified atom stereocenters. The number of hydrogen-bond donors (Lipinski definition) is 1. The molecule has 0 spiro atoms. The molecule has 0 amide bonds. The molecule has 0 bridgehead atoms. The number of carbonyl (C=O) groups is 1. The van der Waals surface area contributed by atoms with Crippen molar-refractivity contribution in [3.05, 3.63) is 41.0 Å². The standard InChI is InChI=1S/C29H36F2O4/c1-4-34-25-14-17(5-8-24(25)35-27(30)31)13-18-15-23-21-7-6-19-16-20(32)9-11-28(19,2)22(21)10-12-29(23,3)26(18)33/h5-6,8,13-14,20-23,27,32H,4,7,9-12,15-16H2,1-3H3/b18-13+/t20-,21+,22-,23-,28-,29-/m0/s1. The monoisotopic (exact) mass is 486 g/mol. The second-order valence-corrected chi connectivity index (χ2v) is 11.3. The normalized spacial score (nSPS) is 37.5. The Bertz CT molecular complexity index is 1060. The highest BCUT2D eigenvalue weighted by molar-refractivity contribution is 6.06. The maximum Gasteiger partial charge on any atom is 0.387 e. The highest BCUT2D eigenvalue weighted by Gasteiger charge is 2.59. The Morgan fingerprint density at radius 3 is 2.63 bits per heavy atom. The van der Waals surface area contributed by atoms with Gasteiger partial charge in [-0.2, -0.15) is 8.78 Å². The van der Waals surface area contributed by atoms with Gasteiger partial charge in [0.05, 0.1) is 12.7 Å². The number of rotatable bonds is 5. The van der Waals surface area contributed by atoms with Gasteiger partial charge in [0.15, 0.2) is 17.3 Å². The van der Waals surface area contributed by atoms with E-state index in [9.17, 15) is 18.7 Å². The van der Waals surface area contributed by atoms with E-state index in [4.69, 9.17) is 4.74 Å². The Kier molecular flexibility index (Phi) is 6.31. The summed E-state index contributed by atoms with van der Waals surface area (Å²) in [6.07, 6.45) is 10.4. The van der Waals surface area contributed by atoms with E-state index in [-0.39, 0.29) is 34.2 Å². The van der Waals surface area contributed by atoms with Crippen LogP contribution in [0.15, 0.2) is 35.4 Å². The van der Waals surface area contributed by atoms with Crippen molar-refractivity contribution in [1.82, 2.24) is 0 Å². The van der Waals surface area contributed by atoms with Gasteiger partial charge in [-0.3, -0.25) is 4.79 Å². The van der Waals surface area contributed by atoms with Crippen LogP contribution in [-0.4, -0.2) is 30.2 Å². The lowest BCUT2D eigenvalue weighted by atomic mass is 9.48. The van der Waals surface area contributed by atoms with Crippen LogP contribution in [0.5, 0.6) is 11.5 Å². The van der Waals surface area contributed by atoms with Crippen molar-refractivity contribution in [3.63, 3.8) is 0 Å². The highest BCUT2D eigenvalue weighted by atomic mass is 19.3. The number of benzene rings is 1. The van der Waals surface area contributed by atoms with Gasteiger partial charge < -0.3 is 14.6 Å². The molecule has 1 aromatic rings. The smallest absolute Gasteiger partial charge is 0.387 e. The third kappa shape index (κ3) is 4.12. The molecule has 190 valence electrons. The predicted octanol–water partition coefficient (Wildman–Crippen LogP) is 6.57. The number of aliphatic hydroxyl groups excluding tert-OH is 1. The number of aliphatic hydroxyl groups is 1. The van der Waals surface area contributed by atoms with E-state index in [1.807, 2.05) is 6.08 Å². The van der Waals surface area contributed by atoms with Crippen molar-refractivity contribution in [2.24, 2.45) is 28.6 Å². The molecule has 3 fully saturated rings. The number of halogens is 2. The zero-order valence-corrected chi connectivity index (χ0v) is 20.9. The van der Waals surface area contributed by atoms with E-state index < -0.39 is 6.61 Å². The van der Waals surface area contributed by atoms with Crippen LogP contribution in [0.4, 0.5) is 8.78 Å². The molecular weight excluding hydrogens is 450 g/mol. The van der Waals surface area contributed by atoms with Crippen molar-refractivity contribution in [2.45, 2.75) is 78.4 Å². The molecule has 5 rings (SSSR count). The molecule has 6 heteroatoms. The fraction of sp³-hybridized carbons (Fsp3) is 0.621. The summed E-state index contributed by atoms with van der Waals surface area (Å²) in [6, 6.07) is 4.87. The number of fused-ring (bicyclic) bond motifs is 5. The molecule has 3 saturated carbocycles. The minimum absolute atomic E-state index is 0.000799. The molecule has 0 saturated heterocycles. The number of carbonyl (C=O) groups excluding carboxylic acids is 1. The Morgan fingerprint density at radius 2 is 1.89 bits per heavy atom. The number of Topliss-reactive ketones (excluding diaryl/α,β-unsaturated/α-hetero) is 1. The zero-order chi connectivity index (χ0) is 25.0. The molecule has 0 aromatic heterocycles. The topological polar surface area (TPSA) is 55.8 Å². The fourth-order valence-corrected chi connectivity index (χ4v) is 7.72. The number of alkyl halides is 2. The van der Waals surface area contributed by atoms with Gasteiger partial charge in [-0.25, -0.2) is 0 Å². The summed E-state index contributed by atoms with van der Waals surface area (Å²) in [7, 11) is 0. The summed E-state index contributed by atoms with van der Waals surface area (Å²) in [5.41, 5.74) is 2.78. The molecule has 0 heterocycles. The minimum atomic E-state index is -2.93. The van der Waals surface area contributed by atoms with Crippen molar-refractivity contribution >= 4 is 11.9 Å². The summed E-state index contributed by atoms with van der Waals surface area (Å²) in [5.74, 6) is 1.80. The van der Waals surface area contributed by atoms with Crippen molar-refractivity contribution in [1.29, 1.82) is 0 Å². The van der Waals surface area contributed by atoms with Gasteiger partial charge in [0, 0.05) is 5.41 Å². The quantitative estimate of drug-likeness (QED) is 0.378. The largest absolute Gasteiger partial charge is 0.490 e. The maximum absolute atomic E-state index is 13.7. The summed E-state index contributed by atoms with van der Waals surface area (Å²) < 4.78 is 35.7. The van der Waals surface area contributed by atoms with Crippen LogP contribution < -0.4 is 9.47 Å². The number of allylic oxidation sites excluding steroid dienone is 2. The molecular formula is C29H36F2O4. The van der Waals surface area contributed by atoms with Crippen LogP contribution in [0, 0.1) is 28.6 Å². The van der Waals surface area contributed by atoms with Gasteiger partial charge in [-0.05, 0) is 104 Å². The Morgan fingerprint density at radius 1 is 1.11 bits per heavy atom. The minimum Gasteiger partial charge on any atom is -0.490 e. The van der Waals surface area contributed by atoms with Gasteiger partial charge in [-0.1, -0.05) is 31.6 Å². The highest BCUT2D eigenvalue weighted by Crippen LogP contribution is 2.64. The van der Waals surface area contributed by atoms with Gasteiger partial charge in [0.25, 0.3) is 0 Å². The van der Waals surface area contributed by atoms with Crippen LogP contribution in [0.2, 0.25) is 0 Å². The molecule has 6 atom stereocenters. The van der Waals surface area contributed by atoms with E-state index in [1.165, 1.54) is 11.6 Å². The maximum atomic E-state index is 13.7. The van der Waals surface area contributed by atoms with E-state index in [1.54, 1.807) is 19.1 Å². The molecule has 4 nitrogen and oxygen atoms in total. The SMILES string of the molecule is CCOc1cc(/C=C2\C[C@H]3[C@@H]4CC=C5C[C@@H](O)CC[C@]5(C)[C@H]4CC[C@]3(C)C2=O)ccc1OC(F)F. The number of ketones is 1. The zero-order valence-electron chi connectivity index (χ0n) is 20.9. The van der Waals surface area contributed by atoms with Crippen LogP contribution in [0.3, 0.4) is 0 Å². The second kappa shape index (κ2) is 9.02. The van der Waals surface area contributed by atoms with E-state index in [2.05, 4.69) is 24.7 Å². The summed E-state index contributed by atoms with van der Waals surface area (Å²) >= 11 is 0. The molecule has 4 aliphatic rings. The molecule has 35 heavy (non-hydrogen) atoms. The van der Waals surface area contributed by atoms with Crippen LogP contribution in [0.25, 0.3) is 6.08 Å². The van der Waals surface area contributed by atoms with Crippen molar-refractivity contribution in [2.75, 3.05) is 6.61 Å². The first-order valence-corrected chi connectivity index (χ1v) is 13.0. The number of ether oxygens (including phenoxy) is 2. The molecule has 1 N–H and O–H groups in total. The number of hydrogen-bond acceptors (Lipinski definition) is 4. The van der Waals surface area contributed by atoms with E-state index in [0.717, 1.165) is 56.1 Å². The fourth-order valence-electron chi connectivity index (χ4n) is 7.72. The molecule has 0 radical (unpaired) electrons. The van der Waals surface area contributed by atoms with Gasteiger partial charge >= 0.3 is 6.61 Å². The van der Waals surface area contributed by atoms with Crippen molar-refractivity contribution < 1.29 is 28.2 Å². The first kappa shape index (κ1) is 24.5. The Balaban J connectivity index is 1.43. The van der Waals surface area contributed by atoms with Gasteiger partial charge in [-0.15, -0.1) is 0 Å². The molecule has 0 aliphatic heterocycles. The van der Waals surface area contributed by atoms with Crippen molar-refractivity contribution in [3.8, 4) is 11.5 Å². The molecule has 1 aromatic carbocycles. The second-order valence-electron chi connectivity index (χ2n) is 11.3. The van der Waals surface area contributed by atoms with Crippen LogP contribution in [-0.2, 0) is 4.79 Å². The predicted molar refractivity (Wildman–Crippen MR) is 130 cm³/mol. The first-order chi connectivity index (χ1) is 16.7. The summed E-state index contributed by atoms with van der Waals surface area (Å²) in [5, 5.41) is 10.2. The van der Waals surface area contributed by atoms with E-state index >= 15 is 0 Å². The van der Waals surface area contributed by atoms with E-state index in [0.29, 0.717) is 24.4 Å². The third-order valence-corrected chi connectivity index (χ3v) is 9.54. The third-order valence-electron chi connectivity index (χ3n) is 9.54. The van der Waals surface area contributed by atoms with Crippen LogP contribution >= 0.6 is 0 Å². The Labute approximate surface area is 206 Å². The summed E-state index contributed by atoms with van der Waals surface area (Å²) in [6.45, 7) is 3.72. The lowest BCUT2D eigenvalue weighted by Crippen LogP contribution is -2.50. The average Bonchev–Trinajstić information content (AvgIpc) is 3.06. The molecule has 4 aliphatic carbocycles. The van der Waals surface area contributed by atoms with Crippen LogP contribution in [0.1, 0.15) is 71.3 Å². The lowest BCUT2D eigenvalue weighted by molar-refractivity contribution is -0.130. The average molecular weight is 487 g/mol. The Hall–Kier alpha value is -2.21.